The molecule has 0 saturated carbocycles. The summed E-state index contributed by atoms with van der Waals surface area (Å²) in [6.45, 7) is 5.12. The van der Waals surface area contributed by atoms with Crippen molar-refractivity contribution in [3.63, 3.8) is 0 Å². The Labute approximate surface area is 157 Å². The number of nitrogens with zero attached hydrogens (tertiary/aromatic N) is 3. The van der Waals surface area contributed by atoms with Crippen molar-refractivity contribution in [2.45, 2.75) is 26.7 Å². The van der Waals surface area contributed by atoms with Crippen LogP contribution in [0.2, 0.25) is 0 Å². The summed E-state index contributed by atoms with van der Waals surface area (Å²) in [4.78, 5) is 23.7. The van der Waals surface area contributed by atoms with Crippen LogP contribution in [0.5, 0.6) is 0 Å². The molecule has 0 spiro atoms. The predicted octanol–water partition coefficient (Wildman–Crippen LogP) is 4.37. The molecule has 1 fully saturated rings. The van der Waals surface area contributed by atoms with E-state index in [1.165, 1.54) is 6.07 Å². The minimum absolute atomic E-state index is 0.0578. The highest BCUT2D eigenvalue weighted by Gasteiger charge is 2.24. The Bertz CT molecular complexity index is 1030. The number of hydrogen-bond donors (Lipinski definition) is 1. The summed E-state index contributed by atoms with van der Waals surface area (Å²) in [5, 5.41) is 3.98. The minimum Gasteiger partial charge on any atom is -0.354 e. The molecule has 1 aliphatic rings. The molecule has 3 aromatic rings. The number of halogens is 1. The lowest BCUT2D eigenvalue weighted by atomic mass is 10.1. The molecule has 0 atom stereocenters. The van der Waals surface area contributed by atoms with Crippen molar-refractivity contribution in [3.8, 4) is 0 Å². The highest BCUT2D eigenvalue weighted by molar-refractivity contribution is 6.07. The maximum atomic E-state index is 14.0. The highest BCUT2D eigenvalue weighted by Crippen LogP contribution is 2.30. The molecule has 27 heavy (non-hydrogen) atoms. The van der Waals surface area contributed by atoms with Crippen LogP contribution in [0.3, 0.4) is 0 Å². The average Bonchev–Trinajstić information content (AvgIpc) is 3.19. The SMILES string of the molecule is Cc1ccc2c(Nc3ccc(C)c(F)c3)c(C(=O)N3CCCC3)cnc2n1. The molecular weight excluding hydrogens is 343 g/mol. The summed E-state index contributed by atoms with van der Waals surface area (Å²) in [5.74, 6) is -0.350. The van der Waals surface area contributed by atoms with E-state index in [1.807, 2.05) is 24.0 Å². The van der Waals surface area contributed by atoms with E-state index in [-0.39, 0.29) is 11.7 Å². The number of benzene rings is 1. The summed E-state index contributed by atoms with van der Waals surface area (Å²) >= 11 is 0. The van der Waals surface area contributed by atoms with Gasteiger partial charge in [-0.3, -0.25) is 4.79 Å². The predicted molar refractivity (Wildman–Crippen MR) is 104 cm³/mol. The van der Waals surface area contributed by atoms with Crippen LogP contribution in [0.25, 0.3) is 11.0 Å². The maximum Gasteiger partial charge on any atom is 0.257 e. The first kappa shape index (κ1) is 17.4. The lowest BCUT2D eigenvalue weighted by Crippen LogP contribution is -2.28. The second-order valence-corrected chi connectivity index (χ2v) is 6.96. The molecule has 1 N–H and O–H groups in total. The van der Waals surface area contributed by atoms with Crippen molar-refractivity contribution in [3.05, 3.63) is 59.2 Å². The van der Waals surface area contributed by atoms with Crippen molar-refractivity contribution < 1.29 is 9.18 Å². The number of carbonyl (C=O) groups is 1. The molecule has 5 nitrogen and oxygen atoms in total. The number of carbonyl (C=O) groups excluding carboxylic acids is 1. The maximum absolute atomic E-state index is 14.0. The summed E-state index contributed by atoms with van der Waals surface area (Å²) in [7, 11) is 0. The number of aryl methyl sites for hydroxylation is 2. The summed E-state index contributed by atoms with van der Waals surface area (Å²) < 4.78 is 14.0. The molecule has 138 valence electrons. The Balaban J connectivity index is 1.84. The normalized spacial score (nSPS) is 14.0. The molecule has 6 heteroatoms. The Morgan fingerprint density at radius 3 is 2.67 bits per heavy atom. The van der Waals surface area contributed by atoms with E-state index in [0.29, 0.717) is 28.1 Å². The fourth-order valence-electron chi connectivity index (χ4n) is 3.37. The van der Waals surface area contributed by atoms with Gasteiger partial charge in [-0.2, -0.15) is 0 Å². The number of aromatic nitrogens is 2. The number of hydrogen-bond acceptors (Lipinski definition) is 4. The Morgan fingerprint density at radius 2 is 1.93 bits per heavy atom. The van der Waals surface area contributed by atoms with Gasteiger partial charge >= 0.3 is 0 Å². The van der Waals surface area contributed by atoms with E-state index in [0.717, 1.165) is 37.0 Å². The highest BCUT2D eigenvalue weighted by atomic mass is 19.1. The van der Waals surface area contributed by atoms with Crippen molar-refractivity contribution in [1.29, 1.82) is 0 Å². The first-order valence-electron chi connectivity index (χ1n) is 9.12. The monoisotopic (exact) mass is 364 g/mol. The summed E-state index contributed by atoms with van der Waals surface area (Å²) in [5.41, 5.74) is 3.67. The van der Waals surface area contributed by atoms with E-state index in [1.54, 1.807) is 25.3 Å². The zero-order chi connectivity index (χ0) is 19.0. The number of pyridine rings is 2. The molecule has 0 aliphatic carbocycles. The van der Waals surface area contributed by atoms with Crippen molar-refractivity contribution >= 4 is 28.3 Å². The molecule has 4 rings (SSSR count). The van der Waals surface area contributed by atoms with Crippen LogP contribution in [0, 0.1) is 19.7 Å². The molecule has 1 saturated heterocycles. The number of fused-ring (bicyclic) bond motifs is 1. The second-order valence-electron chi connectivity index (χ2n) is 6.96. The van der Waals surface area contributed by atoms with Gasteiger partial charge in [0.05, 0.1) is 11.3 Å². The summed E-state index contributed by atoms with van der Waals surface area (Å²) in [6.07, 6.45) is 3.60. The fourth-order valence-corrected chi connectivity index (χ4v) is 3.37. The second kappa shape index (κ2) is 6.95. The van der Waals surface area contributed by atoms with Gasteiger partial charge in [0.1, 0.15) is 5.82 Å². The zero-order valence-corrected chi connectivity index (χ0v) is 15.4. The van der Waals surface area contributed by atoms with Crippen LogP contribution in [-0.4, -0.2) is 33.9 Å². The van der Waals surface area contributed by atoms with Crippen LogP contribution < -0.4 is 5.32 Å². The first-order chi connectivity index (χ1) is 13.0. The molecule has 0 radical (unpaired) electrons. The number of amides is 1. The molecule has 1 amide bonds. The minimum atomic E-state index is -0.292. The molecule has 1 aliphatic heterocycles. The third kappa shape index (κ3) is 3.35. The fraction of sp³-hybridized carbons (Fsp3) is 0.286. The van der Waals surface area contributed by atoms with Crippen molar-refractivity contribution in [2.75, 3.05) is 18.4 Å². The summed E-state index contributed by atoms with van der Waals surface area (Å²) in [6, 6.07) is 8.74. The van der Waals surface area contributed by atoms with Crippen LogP contribution in [0.1, 0.15) is 34.5 Å². The van der Waals surface area contributed by atoms with Crippen LogP contribution in [0.4, 0.5) is 15.8 Å². The van der Waals surface area contributed by atoms with E-state index >= 15 is 0 Å². The van der Waals surface area contributed by atoms with Gasteiger partial charge in [-0.05, 0) is 56.5 Å². The molecule has 1 aromatic carbocycles. The van der Waals surface area contributed by atoms with Crippen LogP contribution in [-0.2, 0) is 0 Å². The van der Waals surface area contributed by atoms with E-state index in [9.17, 15) is 9.18 Å². The molecule has 0 bridgehead atoms. The van der Waals surface area contributed by atoms with Gasteiger partial charge < -0.3 is 10.2 Å². The molecule has 2 aromatic heterocycles. The van der Waals surface area contributed by atoms with Crippen molar-refractivity contribution in [1.82, 2.24) is 14.9 Å². The van der Waals surface area contributed by atoms with Gasteiger partial charge in [-0.25, -0.2) is 14.4 Å². The lowest BCUT2D eigenvalue weighted by molar-refractivity contribution is 0.0793. The third-order valence-electron chi connectivity index (χ3n) is 4.93. The number of likely N-dealkylation sites (tertiary alicyclic amines) is 1. The van der Waals surface area contributed by atoms with Gasteiger partial charge in [0.15, 0.2) is 5.65 Å². The largest absolute Gasteiger partial charge is 0.354 e. The van der Waals surface area contributed by atoms with Gasteiger partial charge in [0.2, 0.25) is 0 Å². The Morgan fingerprint density at radius 1 is 1.15 bits per heavy atom. The van der Waals surface area contributed by atoms with E-state index in [4.69, 9.17) is 0 Å². The number of anilines is 2. The molecule has 0 unspecified atom stereocenters. The van der Waals surface area contributed by atoms with Gasteiger partial charge in [0, 0.05) is 36.1 Å². The van der Waals surface area contributed by atoms with Gasteiger partial charge in [-0.15, -0.1) is 0 Å². The smallest absolute Gasteiger partial charge is 0.257 e. The van der Waals surface area contributed by atoms with Gasteiger partial charge in [-0.1, -0.05) is 6.07 Å². The number of nitrogens with one attached hydrogen (secondary N) is 1. The van der Waals surface area contributed by atoms with Crippen LogP contribution in [0.15, 0.2) is 36.5 Å². The van der Waals surface area contributed by atoms with E-state index < -0.39 is 0 Å². The quantitative estimate of drug-likeness (QED) is 0.750. The lowest BCUT2D eigenvalue weighted by Gasteiger charge is -2.19. The average molecular weight is 364 g/mol. The topological polar surface area (TPSA) is 58.1 Å². The standard InChI is InChI=1S/C21H21FN4O/c1-13-5-7-15(11-18(13)22)25-19-16-8-6-14(2)24-20(16)23-12-17(19)21(27)26-9-3-4-10-26/h5-8,11-12H,3-4,9-10H2,1-2H3,(H,23,24,25). The van der Waals surface area contributed by atoms with Crippen molar-refractivity contribution in [2.24, 2.45) is 0 Å². The van der Waals surface area contributed by atoms with Gasteiger partial charge in [0.25, 0.3) is 5.91 Å². The Hall–Kier alpha value is -3.02. The zero-order valence-electron chi connectivity index (χ0n) is 15.4. The first-order valence-corrected chi connectivity index (χ1v) is 9.12. The third-order valence-corrected chi connectivity index (χ3v) is 4.93. The Kier molecular flexibility index (Phi) is 4.48. The van der Waals surface area contributed by atoms with Crippen LogP contribution >= 0.6 is 0 Å². The van der Waals surface area contributed by atoms with E-state index in [2.05, 4.69) is 15.3 Å². The number of rotatable bonds is 3. The molecular formula is C21H21FN4O. The molecule has 3 heterocycles.